The van der Waals surface area contributed by atoms with Crippen LogP contribution in [0.2, 0.25) is 0 Å². The number of guanidine groups is 1. The van der Waals surface area contributed by atoms with Gasteiger partial charge in [0.25, 0.3) is 0 Å². The van der Waals surface area contributed by atoms with Gasteiger partial charge < -0.3 is 20.1 Å². The minimum Gasteiger partial charge on any atom is -0.377 e. The second kappa shape index (κ2) is 9.76. The molecule has 1 aliphatic heterocycles. The first-order chi connectivity index (χ1) is 10.8. The summed E-state index contributed by atoms with van der Waals surface area (Å²) in [6, 6.07) is 0. The van der Waals surface area contributed by atoms with E-state index in [-0.39, 0.29) is 6.10 Å². The van der Waals surface area contributed by atoms with Crippen molar-refractivity contribution in [3.63, 3.8) is 0 Å². The number of nitrogens with one attached hydrogen (secondary N) is 2. The second-order valence-electron chi connectivity index (χ2n) is 5.20. The Morgan fingerprint density at radius 2 is 2.45 bits per heavy atom. The Balaban J connectivity index is 1.64. The molecule has 0 saturated carbocycles. The van der Waals surface area contributed by atoms with Crippen LogP contribution >= 0.6 is 11.3 Å². The van der Waals surface area contributed by atoms with Crippen LogP contribution in [0.4, 0.5) is 0 Å². The van der Waals surface area contributed by atoms with E-state index in [2.05, 4.69) is 34.5 Å². The van der Waals surface area contributed by atoms with Crippen LogP contribution in [0.3, 0.4) is 0 Å². The fourth-order valence-electron chi connectivity index (χ4n) is 2.20. The number of thiazole rings is 1. The first-order valence-corrected chi connectivity index (χ1v) is 8.72. The van der Waals surface area contributed by atoms with Gasteiger partial charge in [0.1, 0.15) is 5.01 Å². The lowest BCUT2D eigenvalue weighted by Crippen LogP contribution is -2.39. The molecule has 1 atom stereocenters. The van der Waals surface area contributed by atoms with E-state index in [1.165, 1.54) is 4.88 Å². The van der Waals surface area contributed by atoms with Crippen molar-refractivity contribution in [3.05, 3.63) is 16.1 Å². The van der Waals surface area contributed by atoms with E-state index < -0.39 is 0 Å². The molecule has 2 N–H and O–H groups in total. The molecule has 1 aromatic rings. The van der Waals surface area contributed by atoms with Gasteiger partial charge in [-0.2, -0.15) is 0 Å². The van der Waals surface area contributed by atoms with Gasteiger partial charge in [-0.3, -0.25) is 0 Å². The fourth-order valence-corrected chi connectivity index (χ4v) is 2.91. The lowest BCUT2D eigenvalue weighted by molar-refractivity contribution is 0.0191. The van der Waals surface area contributed by atoms with Gasteiger partial charge >= 0.3 is 0 Å². The van der Waals surface area contributed by atoms with Crippen molar-refractivity contribution in [1.82, 2.24) is 15.6 Å². The lowest BCUT2D eigenvalue weighted by atomic mass is 10.2. The third-order valence-electron chi connectivity index (χ3n) is 3.25. The Labute approximate surface area is 136 Å². The van der Waals surface area contributed by atoms with Crippen LogP contribution in [-0.2, 0) is 16.0 Å². The third-order valence-corrected chi connectivity index (χ3v) is 4.15. The lowest BCUT2D eigenvalue weighted by Gasteiger charge is -2.13. The molecule has 0 bridgehead atoms. The molecule has 22 heavy (non-hydrogen) atoms. The highest BCUT2D eigenvalue weighted by Gasteiger charge is 2.14. The highest BCUT2D eigenvalue weighted by molar-refractivity contribution is 7.11. The number of rotatable bonds is 8. The van der Waals surface area contributed by atoms with E-state index in [9.17, 15) is 0 Å². The zero-order chi connectivity index (χ0) is 15.6. The van der Waals surface area contributed by atoms with Crippen LogP contribution < -0.4 is 10.6 Å². The summed E-state index contributed by atoms with van der Waals surface area (Å²) in [5.41, 5.74) is 0. The van der Waals surface area contributed by atoms with Gasteiger partial charge in [-0.05, 0) is 26.7 Å². The fraction of sp³-hybridized carbons (Fsp3) is 0.733. The van der Waals surface area contributed by atoms with Gasteiger partial charge in [-0.15, -0.1) is 11.3 Å². The summed E-state index contributed by atoms with van der Waals surface area (Å²) in [5.74, 6) is 0.802. The largest absolute Gasteiger partial charge is 0.377 e. The quantitative estimate of drug-likeness (QED) is 0.432. The number of ether oxygens (including phenoxy) is 2. The van der Waals surface area contributed by atoms with Crippen molar-refractivity contribution >= 4 is 17.3 Å². The normalized spacial score (nSPS) is 18.6. The van der Waals surface area contributed by atoms with Gasteiger partial charge in [0.05, 0.1) is 25.9 Å². The number of hydrogen-bond acceptors (Lipinski definition) is 5. The Kier molecular flexibility index (Phi) is 7.62. The molecule has 1 saturated heterocycles. The SMILES string of the molecule is CCNC(=NCc1ncc(C)s1)NCCOCC1CCCO1. The molecule has 6 nitrogen and oxygen atoms in total. The molecule has 2 heterocycles. The minimum atomic E-state index is 0.287. The number of aliphatic imine (C=N–C) groups is 1. The van der Waals surface area contributed by atoms with Crippen molar-refractivity contribution in [3.8, 4) is 0 Å². The molecule has 1 fully saturated rings. The van der Waals surface area contributed by atoms with Gasteiger partial charge in [0.2, 0.25) is 0 Å². The number of aromatic nitrogens is 1. The van der Waals surface area contributed by atoms with E-state index in [0.29, 0.717) is 19.8 Å². The van der Waals surface area contributed by atoms with Crippen molar-refractivity contribution in [2.75, 3.05) is 32.9 Å². The summed E-state index contributed by atoms with van der Waals surface area (Å²) in [6.07, 6.45) is 4.44. The van der Waals surface area contributed by atoms with Crippen LogP contribution in [0, 0.1) is 6.92 Å². The average Bonchev–Trinajstić information content (AvgIpc) is 3.16. The predicted octanol–water partition coefficient (Wildman–Crippen LogP) is 1.70. The van der Waals surface area contributed by atoms with Gasteiger partial charge in [-0.25, -0.2) is 9.98 Å². The molecule has 0 aromatic carbocycles. The molecule has 1 unspecified atom stereocenters. The molecule has 7 heteroatoms. The molecular formula is C15H26N4O2S. The van der Waals surface area contributed by atoms with E-state index in [0.717, 1.165) is 43.5 Å². The van der Waals surface area contributed by atoms with Crippen LogP contribution in [-0.4, -0.2) is 50.0 Å². The summed E-state index contributed by atoms with van der Waals surface area (Å²) in [6.45, 7) is 8.49. The monoisotopic (exact) mass is 326 g/mol. The minimum absolute atomic E-state index is 0.287. The maximum atomic E-state index is 5.63. The van der Waals surface area contributed by atoms with Gasteiger partial charge in [0, 0.05) is 30.8 Å². The van der Waals surface area contributed by atoms with Gasteiger partial charge in [0.15, 0.2) is 5.96 Å². The Bertz CT molecular complexity index is 458. The molecule has 1 aromatic heterocycles. The molecule has 124 valence electrons. The summed E-state index contributed by atoms with van der Waals surface area (Å²) in [7, 11) is 0. The van der Waals surface area contributed by atoms with Crippen molar-refractivity contribution < 1.29 is 9.47 Å². The zero-order valence-electron chi connectivity index (χ0n) is 13.4. The highest BCUT2D eigenvalue weighted by Crippen LogP contribution is 2.12. The highest BCUT2D eigenvalue weighted by atomic mass is 32.1. The molecule has 0 amide bonds. The van der Waals surface area contributed by atoms with Crippen LogP contribution in [0.1, 0.15) is 29.7 Å². The summed E-state index contributed by atoms with van der Waals surface area (Å²) < 4.78 is 11.2. The average molecular weight is 326 g/mol. The predicted molar refractivity (Wildman–Crippen MR) is 89.5 cm³/mol. The van der Waals surface area contributed by atoms with Crippen LogP contribution in [0.15, 0.2) is 11.2 Å². The molecule has 0 spiro atoms. The molecule has 0 radical (unpaired) electrons. The smallest absolute Gasteiger partial charge is 0.191 e. The molecule has 0 aliphatic carbocycles. The topological polar surface area (TPSA) is 67.8 Å². The number of aryl methyl sites for hydroxylation is 1. The standard InChI is InChI=1S/C15H26N4O2S/c1-3-16-15(19-10-14-18-9-12(2)22-14)17-6-8-20-11-13-5-4-7-21-13/h9,13H,3-8,10-11H2,1-2H3,(H2,16,17,19). The zero-order valence-corrected chi connectivity index (χ0v) is 14.2. The Morgan fingerprint density at radius 3 is 3.14 bits per heavy atom. The summed E-state index contributed by atoms with van der Waals surface area (Å²) in [4.78, 5) is 10.1. The molecule has 2 rings (SSSR count). The summed E-state index contributed by atoms with van der Waals surface area (Å²) in [5, 5.41) is 7.53. The van der Waals surface area contributed by atoms with Crippen molar-refractivity contribution in [2.24, 2.45) is 4.99 Å². The Hall–Kier alpha value is -1.18. The molecule has 1 aliphatic rings. The summed E-state index contributed by atoms with van der Waals surface area (Å²) >= 11 is 1.68. The van der Waals surface area contributed by atoms with Crippen molar-refractivity contribution in [1.29, 1.82) is 0 Å². The third kappa shape index (κ3) is 6.29. The van der Waals surface area contributed by atoms with E-state index in [1.807, 2.05) is 6.20 Å². The van der Waals surface area contributed by atoms with Crippen LogP contribution in [0.5, 0.6) is 0 Å². The van der Waals surface area contributed by atoms with E-state index in [1.54, 1.807) is 11.3 Å². The first-order valence-electron chi connectivity index (χ1n) is 7.90. The molecular weight excluding hydrogens is 300 g/mol. The second-order valence-corrected chi connectivity index (χ2v) is 6.52. The number of nitrogens with zero attached hydrogens (tertiary/aromatic N) is 2. The van der Waals surface area contributed by atoms with E-state index in [4.69, 9.17) is 9.47 Å². The van der Waals surface area contributed by atoms with Crippen LogP contribution in [0.25, 0.3) is 0 Å². The maximum Gasteiger partial charge on any atom is 0.191 e. The van der Waals surface area contributed by atoms with Gasteiger partial charge in [-0.1, -0.05) is 0 Å². The van der Waals surface area contributed by atoms with E-state index >= 15 is 0 Å². The first kappa shape index (κ1) is 17.2. The van der Waals surface area contributed by atoms with Crippen molar-refractivity contribution in [2.45, 2.75) is 39.3 Å². The number of hydrogen-bond donors (Lipinski definition) is 2. The maximum absolute atomic E-state index is 5.63. The Morgan fingerprint density at radius 1 is 1.55 bits per heavy atom.